The van der Waals surface area contributed by atoms with Crippen LogP contribution in [0.4, 0.5) is 5.69 Å². The maximum Gasteiger partial charge on any atom is 0.341 e. The molecular weight excluding hydrogens is 452 g/mol. The summed E-state index contributed by atoms with van der Waals surface area (Å²) in [5.41, 5.74) is 2.48. The Morgan fingerprint density at radius 1 is 1.03 bits per heavy atom. The Balaban J connectivity index is 1.64. The molecule has 0 radical (unpaired) electrons. The highest BCUT2D eigenvalue weighted by atomic mass is 32.2. The van der Waals surface area contributed by atoms with Crippen LogP contribution in [0.3, 0.4) is 0 Å². The lowest BCUT2D eigenvalue weighted by atomic mass is 10.1. The van der Waals surface area contributed by atoms with Crippen LogP contribution < -0.4 is 9.47 Å². The molecule has 172 valence electrons. The summed E-state index contributed by atoms with van der Waals surface area (Å²) >= 11 is 1.31. The Hall–Kier alpha value is -4.04. The van der Waals surface area contributed by atoms with Gasteiger partial charge in [0.2, 0.25) is 0 Å². The quantitative estimate of drug-likeness (QED) is 0.464. The second kappa shape index (κ2) is 10.7. The number of methoxy groups -OCH3 is 1. The van der Waals surface area contributed by atoms with E-state index >= 15 is 0 Å². The molecule has 3 aromatic rings. The van der Waals surface area contributed by atoms with Gasteiger partial charge >= 0.3 is 5.97 Å². The maximum atomic E-state index is 13.3. The molecule has 1 aliphatic rings. The first-order valence-corrected chi connectivity index (χ1v) is 11.3. The summed E-state index contributed by atoms with van der Waals surface area (Å²) in [6.07, 6.45) is 1.77. The maximum absolute atomic E-state index is 13.3. The van der Waals surface area contributed by atoms with Crippen LogP contribution in [0.15, 0.2) is 88.8 Å². The Morgan fingerprint density at radius 2 is 1.74 bits per heavy atom. The van der Waals surface area contributed by atoms with Crippen molar-refractivity contribution in [2.24, 2.45) is 4.99 Å². The van der Waals surface area contributed by atoms with Gasteiger partial charge < -0.3 is 14.6 Å². The number of aliphatic imine (C=N–C) groups is 1. The number of ether oxygens (including phenoxy) is 2. The number of hydrogen-bond donors (Lipinski definition) is 1. The first kappa shape index (κ1) is 23.1. The molecule has 1 aliphatic heterocycles. The molecule has 8 heteroatoms. The van der Waals surface area contributed by atoms with E-state index in [9.17, 15) is 9.59 Å². The van der Waals surface area contributed by atoms with E-state index in [0.29, 0.717) is 28.1 Å². The molecule has 1 amide bonds. The van der Waals surface area contributed by atoms with Crippen molar-refractivity contribution in [3.63, 3.8) is 0 Å². The summed E-state index contributed by atoms with van der Waals surface area (Å²) in [5.74, 6) is -0.529. The van der Waals surface area contributed by atoms with Crippen molar-refractivity contribution in [3.8, 4) is 11.5 Å². The van der Waals surface area contributed by atoms with Crippen LogP contribution in [0.1, 0.15) is 11.1 Å². The fourth-order valence-electron chi connectivity index (χ4n) is 3.29. The van der Waals surface area contributed by atoms with E-state index in [1.54, 1.807) is 29.2 Å². The summed E-state index contributed by atoms with van der Waals surface area (Å²) in [4.78, 5) is 31.0. The van der Waals surface area contributed by atoms with E-state index in [2.05, 4.69) is 0 Å². The van der Waals surface area contributed by atoms with Gasteiger partial charge in [0.15, 0.2) is 23.3 Å². The average Bonchev–Trinajstić information content (AvgIpc) is 3.13. The van der Waals surface area contributed by atoms with Gasteiger partial charge in [-0.15, -0.1) is 0 Å². The number of carboxylic acids is 1. The lowest BCUT2D eigenvalue weighted by molar-refractivity contribution is -0.139. The molecule has 1 fully saturated rings. The van der Waals surface area contributed by atoms with Crippen molar-refractivity contribution >= 4 is 40.6 Å². The minimum atomic E-state index is -1.08. The van der Waals surface area contributed by atoms with E-state index in [4.69, 9.17) is 19.6 Å². The highest BCUT2D eigenvalue weighted by Gasteiger charge is 2.33. The molecule has 4 rings (SSSR count). The minimum absolute atomic E-state index is 0.145. The number of carboxylic acid groups (broad SMARTS) is 1. The van der Waals surface area contributed by atoms with Gasteiger partial charge in [-0.05, 0) is 53.2 Å². The Morgan fingerprint density at radius 3 is 2.41 bits per heavy atom. The van der Waals surface area contributed by atoms with Crippen molar-refractivity contribution in [1.29, 1.82) is 0 Å². The third-order valence-electron chi connectivity index (χ3n) is 4.89. The van der Waals surface area contributed by atoms with E-state index < -0.39 is 12.6 Å². The molecule has 0 spiro atoms. The van der Waals surface area contributed by atoms with Gasteiger partial charge in [0.05, 0.1) is 24.2 Å². The fraction of sp³-hybridized carbons (Fsp3) is 0.115. The van der Waals surface area contributed by atoms with Crippen LogP contribution in [-0.2, 0) is 16.1 Å². The Labute approximate surface area is 201 Å². The van der Waals surface area contributed by atoms with E-state index in [1.165, 1.54) is 18.9 Å². The van der Waals surface area contributed by atoms with Gasteiger partial charge in [-0.25, -0.2) is 9.79 Å². The first-order valence-electron chi connectivity index (χ1n) is 10.4. The van der Waals surface area contributed by atoms with Gasteiger partial charge in [-0.2, -0.15) is 0 Å². The van der Waals surface area contributed by atoms with Crippen molar-refractivity contribution in [2.45, 2.75) is 6.54 Å². The van der Waals surface area contributed by atoms with Crippen LogP contribution in [0.25, 0.3) is 6.08 Å². The van der Waals surface area contributed by atoms with Crippen molar-refractivity contribution < 1.29 is 24.2 Å². The van der Waals surface area contributed by atoms with Gasteiger partial charge in [0, 0.05) is 0 Å². The molecule has 0 saturated carbocycles. The highest BCUT2D eigenvalue weighted by Crippen LogP contribution is 2.36. The summed E-state index contributed by atoms with van der Waals surface area (Å²) in [7, 11) is 1.47. The third-order valence-corrected chi connectivity index (χ3v) is 5.90. The van der Waals surface area contributed by atoms with Crippen LogP contribution in [0.2, 0.25) is 0 Å². The standard InChI is InChI=1S/C26H22N2O5S/c1-32-22-14-19(12-13-21(22)33-17-24(29)30)15-23-25(31)28(16-18-8-4-2-5-9-18)26(34-23)27-20-10-6-3-7-11-20/h2-15H,16-17H2,1H3,(H,29,30). The number of amides is 1. The summed E-state index contributed by atoms with van der Waals surface area (Å²) < 4.78 is 10.6. The first-order chi connectivity index (χ1) is 16.5. The largest absolute Gasteiger partial charge is 0.493 e. The Kier molecular flexibility index (Phi) is 7.29. The van der Waals surface area contributed by atoms with Gasteiger partial charge in [0.1, 0.15) is 0 Å². The molecule has 0 aromatic heterocycles. The highest BCUT2D eigenvalue weighted by molar-refractivity contribution is 8.18. The number of hydrogen-bond acceptors (Lipinski definition) is 6. The zero-order chi connectivity index (χ0) is 23.9. The minimum Gasteiger partial charge on any atom is -0.493 e. The summed E-state index contributed by atoms with van der Waals surface area (Å²) in [6.45, 7) is -0.0696. The molecule has 34 heavy (non-hydrogen) atoms. The van der Waals surface area contributed by atoms with Crippen molar-refractivity contribution in [1.82, 2.24) is 4.90 Å². The number of amidine groups is 1. The van der Waals surface area contributed by atoms with Crippen LogP contribution in [0, 0.1) is 0 Å². The third kappa shape index (κ3) is 5.65. The average molecular weight is 475 g/mol. The number of benzene rings is 3. The molecule has 0 atom stereocenters. The number of rotatable bonds is 8. The molecule has 7 nitrogen and oxygen atoms in total. The molecule has 1 heterocycles. The monoisotopic (exact) mass is 474 g/mol. The molecule has 1 saturated heterocycles. The SMILES string of the molecule is COc1cc(C=C2SC(=Nc3ccccc3)N(Cc3ccccc3)C2=O)ccc1OCC(=O)O. The smallest absolute Gasteiger partial charge is 0.341 e. The van der Waals surface area contributed by atoms with E-state index in [0.717, 1.165) is 16.8 Å². The lowest BCUT2D eigenvalue weighted by Gasteiger charge is -2.15. The number of thioether (sulfide) groups is 1. The summed E-state index contributed by atoms with van der Waals surface area (Å²) in [5, 5.41) is 9.44. The predicted octanol–water partition coefficient (Wildman–Crippen LogP) is 4.96. The van der Waals surface area contributed by atoms with Crippen LogP contribution >= 0.6 is 11.8 Å². The fourth-order valence-corrected chi connectivity index (χ4v) is 4.29. The van der Waals surface area contributed by atoms with Crippen molar-refractivity contribution in [2.75, 3.05) is 13.7 Å². The number of para-hydroxylation sites is 1. The van der Waals surface area contributed by atoms with Crippen LogP contribution in [-0.4, -0.2) is 40.8 Å². The predicted molar refractivity (Wildman–Crippen MR) is 132 cm³/mol. The molecule has 0 bridgehead atoms. The number of carbonyl (C=O) groups is 2. The second-order valence-corrected chi connectivity index (χ2v) is 8.32. The normalized spacial score (nSPS) is 15.7. The van der Waals surface area contributed by atoms with Gasteiger partial charge in [-0.1, -0.05) is 54.6 Å². The van der Waals surface area contributed by atoms with E-state index in [1.807, 2.05) is 60.7 Å². The molecule has 1 N–H and O–H groups in total. The van der Waals surface area contributed by atoms with Crippen molar-refractivity contribution in [3.05, 3.63) is 94.9 Å². The zero-order valence-electron chi connectivity index (χ0n) is 18.4. The summed E-state index contributed by atoms with van der Waals surface area (Å²) in [6, 6.07) is 24.3. The number of carbonyl (C=O) groups excluding carboxylic acids is 1. The topological polar surface area (TPSA) is 88.4 Å². The molecule has 0 aliphatic carbocycles. The molecular formula is C26H22N2O5S. The van der Waals surface area contributed by atoms with Gasteiger partial charge in [-0.3, -0.25) is 9.69 Å². The number of nitrogens with zero attached hydrogens (tertiary/aromatic N) is 2. The lowest BCUT2D eigenvalue weighted by Crippen LogP contribution is -2.28. The Bertz CT molecular complexity index is 1240. The second-order valence-electron chi connectivity index (χ2n) is 7.31. The van der Waals surface area contributed by atoms with Crippen LogP contribution in [0.5, 0.6) is 11.5 Å². The molecule has 0 unspecified atom stereocenters. The van der Waals surface area contributed by atoms with E-state index in [-0.39, 0.29) is 5.91 Å². The molecule has 3 aromatic carbocycles. The number of aliphatic carboxylic acids is 1. The van der Waals surface area contributed by atoms with Gasteiger partial charge in [0.25, 0.3) is 5.91 Å². The zero-order valence-corrected chi connectivity index (χ0v) is 19.2.